The van der Waals surface area contributed by atoms with Gasteiger partial charge < -0.3 is 14.8 Å². The maximum Gasteiger partial charge on any atom is 0.237 e. The minimum absolute atomic E-state index is 0.0523. The Bertz CT molecular complexity index is 613. The van der Waals surface area contributed by atoms with Crippen LogP contribution in [0.15, 0.2) is 18.2 Å². The van der Waals surface area contributed by atoms with Gasteiger partial charge in [0.2, 0.25) is 5.91 Å². The number of rotatable bonds is 5. The molecule has 5 nitrogen and oxygen atoms in total. The van der Waals surface area contributed by atoms with E-state index in [0.29, 0.717) is 12.6 Å². The molecule has 5 heteroatoms. The van der Waals surface area contributed by atoms with Gasteiger partial charge in [0, 0.05) is 32.2 Å². The van der Waals surface area contributed by atoms with Crippen molar-refractivity contribution in [2.24, 2.45) is 0 Å². The maximum absolute atomic E-state index is 12.7. The number of carbonyl (C=O) groups is 1. The van der Waals surface area contributed by atoms with E-state index in [-0.39, 0.29) is 11.9 Å². The van der Waals surface area contributed by atoms with Crippen LogP contribution in [0, 0.1) is 0 Å². The van der Waals surface area contributed by atoms with Crippen molar-refractivity contribution in [1.29, 1.82) is 0 Å². The van der Waals surface area contributed by atoms with Crippen molar-refractivity contribution in [3.8, 4) is 5.75 Å². The summed E-state index contributed by atoms with van der Waals surface area (Å²) in [7, 11) is 0. The van der Waals surface area contributed by atoms with Gasteiger partial charge in [-0.2, -0.15) is 0 Å². The number of amides is 1. The molecule has 3 aliphatic heterocycles. The van der Waals surface area contributed by atoms with E-state index in [4.69, 9.17) is 9.47 Å². The summed E-state index contributed by atoms with van der Waals surface area (Å²) in [5, 5.41) is 3.17. The van der Waals surface area contributed by atoms with Crippen molar-refractivity contribution < 1.29 is 14.3 Å². The molecule has 0 saturated carbocycles. The highest BCUT2D eigenvalue weighted by atomic mass is 16.5. The van der Waals surface area contributed by atoms with Crippen LogP contribution in [0.3, 0.4) is 0 Å². The number of carbonyl (C=O) groups excluding carboxylic acids is 1. The molecule has 25 heavy (non-hydrogen) atoms. The molecule has 2 saturated heterocycles. The molecule has 136 valence electrons. The molecule has 0 aromatic heterocycles. The maximum atomic E-state index is 12.7. The lowest BCUT2D eigenvalue weighted by atomic mass is 10.0. The summed E-state index contributed by atoms with van der Waals surface area (Å²) < 4.78 is 11.0. The normalized spacial score (nSPS) is 24.1. The van der Waals surface area contributed by atoms with Gasteiger partial charge in [0.25, 0.3) is 0 Å². The van der Waals surface area contributed by atoms with Crippen molar-refractivity contribution in [2.75, 3.05) is 32.9 Å². The number of fused-ring (bicyclic) bond motifs is 1. The van der Waals surface area contributed by atoms with Gasteiger partial charge >= 0.3 is 0 Å². The first-order valence-corrected chi connectivity index (χ1v) is 9.67. The lowest BCUT2D eigenvalue weighted by Gasteiger charge is -2.34. The molecule has 3 aliphatic rings. The molecule has 3 heterocycles. The van der Waals surface area contributed by atoms with Crippen molar-refractivity contribution in [2.45, 2.75) is 50.6 Å². The van der Waals surface area contributed by atoms with Gasteiger partial charge in [0.15, 0.2) is 0 Å². The van der Waals surface area contributed by atoms with Crippen LogP contribution in [-0.4, -0.2) is 55.8 Å². The molecule has 2 fully saturated rings. The third-order valence-electron chi connectivity index (χ3n) is 5.72. The van der Waals surface area contributed by atoms with Gasteiger partial charge in [0.1, 0.15) is 5.75 Å². The molecule has 1 aromatic rings. The Morgan fingerprint density at radius 3 is 2.96 bits per heavy atom. The van der Waals surface area contributed by atoms with E-state index in [9.17, 15) is 4.79 Å². The quantitative estimate of drug-likeness (QED) is 0.887. The Hall–Kier alpha value is -1.59. The summed E-state index contributed by atoms with van der Waals surface area (Å²) in [6.07, 6.45) is 6.10. The fraction of sp³-hybridized carbons (Fsp3) is 0.650. The number of benzene rings is 1. The first kappa shape index (κ1) is 16.9. The minimum Gasteiger partial charge on any atom is -0.493 e. The molecule has 1 atom stereocenters. The molecule has 4 rings (SSSR count). The SMILES string of the molecule is O=C(NCCc1ccc2c(c1)CCO2)[C@H]1CCCN1C1CCOCC1. The second kappa shape index (κ2) is 7.75. The van der Waals surface area contributed by atoms with E-state index >= 15 is 0 Å². The monoisotopic (exact) mass is 344 g/mol. The van der Waals surface area contributed by atoms with Crippen LogP contribution in [0.2, 0.25) is 0 Å². The summed E-state index contributed by atoms with van der Waals surface area (Å²) >= 11 is 0. The molecule has 0 aliphatic carbocycles. The van der Waals surface area contributed by atoms with Crippen molar-refractivity contribution in [3.05, 3.63) is 29.3 Å². The predicted molar refractivity (Wildman–Crippen MR) is 95.9 cm³/mol. The summed E-state index contributed by atoms with van der Waals surface area (Å²) in [5.74, 6) is 1.22. The summed E-state index contributed by atoms with van der Waals surface area (Å²) in [6.45, 7) is 4.21. The topological polar surface area (TPSA) is 50.8 Å². The number of nitrogens with one attached hydrogen (secondary N) is 1. The zero-order chi connectivity index (χ0) is 17.1. The second-order valence-corrected chi connectivity index (χ2v) is 7.32. The van der Waals surface area contributed by atoms with Crippen LogP contribution in [0.1, 0.15) is 36.8 Å². The van der Waals surface area contributed by atoms with Crippen LogP contribution in [0.25, 0.3) is 0 Å². The van der Waals surface area contributed by atoms with Gasteiger partial charge in [-0.05, 0) is 55.8 Å². The lowest BCUT2D eigenvalue weighted by molar-refractivity contribution is -0.126. The molecule has 0 spiro atoms. The van der Waals surface area contributed by atoms with Crippen LogP contribution >= 0.6 is 0 Å². The Morgan fingerprint density at radius 1 is 1.20 bits per heavy atom. The first-order valence-electron chi connectivity index (χ1n) is 9.67. The Kier molecular flexibility index (Phi) is 5.22. The van der Waals surface area contributed by atoms with Crippen LogP contribution in [-0.2, 0) is 22.4 Å². The number of nitrogens with zero attached hydrogens (tertiary/aromatic N) is 1. The number of hydrogen-bond acceptors (Lipinski definition) is 4. The lowest BCUT2D eigenvalue weighted by Crippen LogP contribution is -2.49. The zero-order valence-electron chi connectivity index (χ0n) is 14.8. The van der Waals surface area contributed by atoms with E-state index in [2.05, 4.69) is 28.4 Å². The molecule has 1 N–H and O–H groups in total. The van der Waals surface area contributed by atoms with E-state index in [1.54, 1.807) is 0 Å². The fourth-order valence-electron chi connectivity index (χ4n) is 4.37. The smallest absolute Gasteiger partial charge is 0.237 e. The third kappa shape index (κ3) is 3.82. The molecular weight excluding hydrogens is 316 g/mol. The largest absolute Gasteiger partial charge is 0.493 e. The molecule has 1 amide bonds. The molecule has 0 radical (unpaired) electrons. The minimum atomic E-state index is 0.0523. The van der Waals surface area contributed by atoms with E-state index in [1.807, 2.05) is 0 Å². The molecule has 0 unspecified atom stereocenters. The average molecular weight is 344 g/mol. The number of likely N-dealkylation sites (tertiary alicyclic amines) is 1. The average Bonchev–Trinajstić information content (AvgIpc) is 3.31. The number of ether oxygens (including phenoxy) is 2. The van der Waals surface area contributed by atoms with Crippen molar-refractivity contribution >= 4 is 5.91 Å². The van der Waals surface area contributed by atoms with Gasteiger partial charge in [-0.25, -0.2) is 0 Å². The van der Waals surface area contributed by atoms with Gasteiger partial charge in [0.05, 0.1) is 12.6 Å². The summed E-state index contributed by atoms with van der Waals surface area (Å²) in [5.41, 5.74) is 2.57. The van der Waals surface area contributed by atoms with Crippen molar-refractivity contribution in [3.63, 3.8) is 0 Å². The number of hydrogen-bond donors (Lipinski definition) is 1. The van der Waals surface area contributed by atoms with Gasteiger partial charge in [-0.15, -0.1) is 0 Å². The Morgan fingerprint density at radius 2 is 2.08 bits per heavy atom. The first-order chi connectivity index (χ1) is 12.3. The highest BCUT2D eigenvalue weighted by Gasteiger charge is 2.35. The predicted octanol–water partition coefficient (Wildman–Crippen LogP) is 1.92. The molecular formula is C20H28N2O3. The van der Waals surface area contributed by atoms with E-state index in [0.717, 1.165) is 70.6 Å². The third-order valence-corrected chi connectivity index (χ3v) is 5.72. The van der Waals surface area contributed by atoms with E-state index in [1.165, 1.54) is 11.1 Å². The Balaban J connectivity index is 1.28. The van der Waals surface area contributed by atoms with Gasteiger partial charge in [-0.3, -0.25) is 9.69 Å². The summed E-state index contributed by atoms with van der Waals surface area (Å²) in [6, 6.07) is 6.96. The second-order valence-electron chi connectivity index (χ2n) is 7.32. The fourth-order valence-corrected chi connectivity index (χ4v) is 4.37. The van der Waals surface area contributed by atoms with Crippen molar-refractivity contribution in [1.82, 2.24) is 10.2 Å². The van der Waals surface area contributed by atoms with E-state index < -0.39 is 0 Å². The molecule has 0 bridgehead atoms. The highest BCUT2D eigenvalue weighted by molar-refractivity contribution is 5.82. The molecule has 1 aromatic carbocycles. The highest BCUT2D eigenvalue weighted by Crippen LogP contribution is 2.27. The van der Waals surface area contributed by atoms with Crippen LogP contribution in [0.4, 0.5) is 0 Å². The summed E-state index contributed by atoms with van der Waals surface area (Å²) in [4.78, 5) is 15.1. The Labute approximate surface area is 149 Å². The van der Waals surface area contributed by atoms with Crippen LogP contribution < -0.4 is 10.1 Å². The van der Waals surface area contributed by atoms with Crippen LogP contribution in [0.5, 0.6) is 5.75 Å². The zero-order valence-corrected chi connectivity index (χ0v) is 14.8. The van der Waals surface area contributed by atoms with Gasteiger partial charge in [-0.1, -0.05) is 12.1 Å². The standard InChI is InChI=1S/C20H28N2O3/c23-20(18-2-1-10-22(18)17-7-11-24-12-8-17)21-9-5-15-3-4-19-16(14-15)6-13-25-19/h3-4,14,17-18H,1-2,5-13H2,(H,21,23)/t18-/m1/s1.